The van der Waals surface area contributed by atoms with Gasteiger partial charge in [0.05, 0.1) is 25.4 Å². The van der Waals surface area contributed by atoms with Gasteiger partial charge in [0.1, 0.15) is 0 Å². The molecule has 0 aliphatic heterocycles. The first-order valence-corrected chi connectivity index (χ1v) is 9.65. The zero-order valence-corrected chi connectivity index (χ0v) is 16.8. The van der Waals surface area contributed by atoms with E-state index in [0.29, 0.717) is 19.7 Å². The van der Waals surface area contributed by atoms with Crippen molar-refractivity contribution in [2.24, 2.45) is 0 Å². The van der Waals surface area contributed by atoms with Gasteiger partial charge in [-0.2, -0.15) is 5.10 Å². The van der Waals surface area contributed by atoms with Crippen molar-refractivity contribution in [3.63, 3.8) is 0 Å². The molecule has 1 atom stereocenters. The second-order valence-corrected chi connectivity index (χ2v) is 6.86. The van der Waals surface area contributed by atoms with Gasteiger partial charge >= 0.3 is 6.03 Å². The maximum atomic E-state index is 13.0. The van der Waals surface area contributed by atoms with Gasteiger partial charge < -0.3 is 15.0 Å². The number of amides is 2. The second-order valence-electron chi connectivity index (χ2n) is 6.86. The summed E-state index contributed by atoms with van der Waals surface area (Å²) in [5, 5.41) is 9.77. The first-order chi connectivity index (χ1) is 13.6. The molecule has 0 unspecified atom stereocenters. The van der Waals surface area contributed by atoms with Crippen molar-refractivity contribution >= 4 is 16.8 Å². The molecule has 148 valence electrons. The van der Waals surface area contributed by atoms with Crippen LogP contribution in [0.5, 0.6) is 0 Å². The van der Waals surface area contributed by atoms with E-state index in [0.717, 1.165) is 23.1 Å². The Balaban J connectivity index is 1.74. The highest BCUT2D eigenvalue weighted by molar-refractivity contribution is 5.86. The maximum Gasteiger partial charge on any atom is 0.318 e. The molecular formula is C22H28N4O2. The number of nitrogens with one attached hydrogen (secondary N) is 1. The number of aromatic nitrogens is 2. The molecule has 1 heterocycles. The van der Waals surface area contributed by atoms with Gasteiger partial charge in [0.15, 0.2) is 0 Å². The number of methoxy groups -OCH3 is 1. The number of ether oxygens (including phenoxy) is 1. The maximum absolute atomic E-state index is 13.0. The molecule has 1 N–H and O–H groups in total. The summed E-state index contributed by atoms with van der Waals surface area (Å²) in [6.07, 6.45) is 3.78. The molecule has 0 fully saturated rings. The fourth-order valence-electron chi connectivity index (χ4n) is 3.32. The molecule has 3 aromatic rings. The van der Waals surface area contributed by atoms with Crippen molar-refractivity contribution in [1.82, 2.24) is 20.0 Å². The average molecular weight is 380 g/mol. The third-order valence-corrected chi connectivity index (χ3v) is 4.87. The Morgan fingerprint density at radius 3 is 2.79 bits per heavy atom. The van der Waals surface area contributed by atoms with Crippen LogP contribution in [0.4, 0.5) is 4.79 Å². The number of carbonyl (C=O) groups excluding carboxylic acids is 1. The average Bonchev–Trinajstić information content (AvgIpc) is 3.18. The Morgan fingerprint density at radius 1 is 1.25 bits per heavy atom. The quantitative estimate of drug-likeness (QED) is 0.643. The number of rotatable bonds is 8. The van der Waals surface area contributed by atoms with Gasteiger partial charge in [0.25, 0.3) is 0 Å². The predicted octanol–water partition coefficient (Wildman–Crippen LogP) is 3.98. The highest BCUT2D eigenvalue weighted by atomic mass is 16.5. The smallest absolute Gasteiger partial charge is 0.318 e. The van der Waals surface area contributed by atoms with E-state index in [1.54, 1.807) is 12.0 Å². The van der Waals surface area contributed by atoms with E-state index in [-0.39, 0.29) is 12.1 Å². The van der Waals surface area contributed by atoms with E-state index in [1.807, 2.05) is 49.1 Å². The minimum atomic E-state index is -0.110. The number of aryl methyl sites for hydroxylation is 1. The lowest BCUT2D eigenvalue weighted by Gasteiger charge is -2.25. The summed E-state index contributed by atoms with van der Waals surface area (Å²) in [7, 11) is 1.64. The molecule has 6 nitrogen and oxygen atoms in total. The van der Waals surface area contributed by atoms with E-state index in [4.69, 9.17) is 4.74 Å². The van der Waals surface area contributed by atoms with Crippen LogP contribution in [-0.4, -0.2) is 41.0 Å². The summed E-state index contributed by atoms with van der Waals surface area (Å²) in [4.78, 5) is 14.7. The largest absolute Gasteiger partial charge is 0.383 e. The Bertz CT molecular complexity index is 916. The third kappa shape index (κ3) is 4.70. The van der Waals surface area contributed by atoms with Crippen LogP contribution < -0.4 is 5.32 Å². The van der Waals surface area contributed by atoms with Crippen LogP contribution >= 0.6 is 0 Å². The Hall–Kier alpha value is -2.86. The van der Waals surface area contributed by atoms with Crippen molar-refractivity contribution in [3.8, 4) is 0 Å². The van der Waals surface area contributed by atoms with Gasteiger partial charge in [0, 0.05) is 32.0 Å². The summed E-state index contributed by atoms with van der Waals surface area (Å²) >= 11 is 0. The number of urea groups is 1. The van der Waals surface area contributed by atoms with Crippen molar-refractivity contribution in [2.75, 3.05) is 20.3 Å². The number of hydrogen-bond acceptors (Lipinski definition) is 3. The van der Waals surface area contributed by atoms with E-state index < -0.39 is 0 Å². The molecule has 0 aliphatic rings. The van der Waals surface area contributed by atoms with Crippen LogP contribution in [0.15, 0.2) is 54.9 Å². The SMILES string of the molecule is CCn1cc(CN(CCOC)C(=O)N[C@@H](C)c2cccc3ccccc23)cn1. The summed E-state index contributed by atoms with van der Waals surface area (Å²) in [6.45, 7) is 6.36. The Labute approximate surface area is 166 Å². The molecule has 2 aromatic carbocycles. The first kappa shape index (κ1) is 19.9. The van der Waals surface area contributed by atoms with Gasteiger partial charge in [-0.25, -0.2) is 4.79 Å². The first-order valence-electron chi connectivity index (χ1n) is 9.65. The summed E-state index contributed by atoms with van der Waals surface area (Å²) in [6, 6.07) is 14.2. The van der Waals surface area contributed by atoms with Crippen LogP contribution in [0.2, 0.25) is 0 Å². The Morgan fingerprint density at radius 2 is 2.04 bits per heavy atom. The number of benzene rings is 2. The number of nitrogens with zero attached hydrogens (tertiary/aromatic N) is 3. The molecule has 28 heavy (non-hydrogen) atoms. The summed E-state index contributed by atoms with van der Waals surface area (Å²) in [5.41, 5.74) is 2.11. The molecule has 0 bridgehead atoms. The number of carbonyl (C=O) groups is 1. The second kappa shape index (κ2) is 9.37. The molecule has 0 aliphatic carbocycles. The molecular weight excluding hydrogens is 352 g/mol. The topological polar surface area (TPSA) is 59.4 Å². The van der Waals surface area contributed by atoms with Gasteiger partial charge in [0.2, 0.25) is 0 Å². The third-order valence-electron chi connectivity index (χ3n) is 4.87. The van der Waals surface area contributed by atoms with Crippen LogP contribution in [0.3, 0.4) is 0 Å². The lowest BCUT2D eigenvalue weighted by atomic mass is 10.00. The molecule has 6 heteroatoms. The van der Waals surface area contributed by atoms with Gasteiger partial charge in [-0.05, 0) is 30.2 Å². The Kier molecular flexibility index (Phi) is 6.66. The molecule has 0 radical (unpaired) electrons. The highest BCUT2D eigenvalue weighted by Crippen LogP contribution is 2.24. The minimum Gasteiger partial charge on any atom is -0.383 e. The van der Waals surface area contributed by atoms with Crippen LogP contribution in [0, 0.1) is 0 Å². The van der Waals surface area contributed by atoms with Gasteiger partial charge in [-0.15, -0.1) is 0 Å². The summed E-state index contributed by atoms with van der Waals surface area (Å²) < 4.78 is 7.05. The van der Waals surface area contributed by atoms with Crippen molar-refractivity contribution in [2.45, 2.75) is 33.0 Å². The van der Waals surface area contributed by atoms with E-state index >= 15 is 0 Å². The zero-order chi connectivity index (χ0) is 19.9. The summed E-state index contributed by atoms with van der Waals surface area (Å²) in [5.74, 6) is 0. The van der Waals surface area contributed by atoms with E-state index in [9.17, 15) is 4.79 Å². The standard InChI is InChI=1S/C22H28N4O2/c1-4-26-16-18(14-23-26)15-25(12-13-28-3)22(27)24-17(2)20-11-7-9-19-8-5-6-10-21(19)20/h5-11,14,16-17H,4,12-13,15H2,1-3H3,(H,24,27)/t17-/m0/s1. The lowest BCUT2D eigenvalue weighted by Crippen LogP contribution is -2.42. The normalized spacial score (nSPS) is 12.1. The van der Waals surface area contributed by atoms with Crippen molar-refractivity contribution in [1.29, 1.82) is 0 Å². The molecule has 0 spiro atoms. The van der Waals surface area contributed by atoms with E-state index in [1.165, 1.54) is 5.39 Å². The van der Waals surface area contributed by atoms with Crippen molar-refractivity contribution in [3.05, 3.63) is 66.0 Å². The minimum absolute atomic E-state index is 0.109. The van der Waals surface area contributed by atoms with Crippen molar-refractivity contribution < 1.29 is 9.53 Å². The molecule has 3 rings (SSSR count). The van der Waals surface area contributed by atoms with Crippen LogP contribution in [0.25, 0.3) is 10.8 Å². The molecule has 1 aromatic heterocycles. The number of fused-ring (bicyclic) bond motifs is 1. The predicted molar refractivity (Wildman–Crippen MR) is 111 cm³/mol. The highest BCUT2D eigenvalue weighted by Gasteiger charge is 2.18. The molecule has 0 saturated carbocycles. The molecule has 2 amide bonds. The molecule has 0 saturated heterocycles. The number of hydrogen-bond donors (Lipinski definition) is 1. The van der Waals surface area contributed by atoms with Gasteiger partial charge in [-0.1, -0.05) is 42.5 Å². The van der Waals surface area contributed by atoms with Crippen LogP contribution in [0.1, 0.15) is 31.0 Å². The fraction of sp³-hybridized carbons (Fsp3) is 0.364. The fourth-order valence-corrected chi connectivity index (χ4v) is 3.32. The lowest BCUT2D eigenvalue weighted by molar-refractivity contribution is 0.145. The van der Waals surface area contributed by atoms with E-state index in [2.05, 4.69) is 34.7 Å². The monoisotopic (exact) mass is 380 g/mol. The van der Waals surface area contributed by atoms with Gasteiger partial charge in [-0.3, -0.25) is 4.68 Å². The van der Waals surface area contributed by atoms with Crippen LogP contribution in [-0.2, 0) is 17.8 Å². The zero-order valence-electron chi connectivity index (χ0n) is 16.8.